The number of nitrogens with one attached hydrogen (secondary N) is 1. The van der Waals surface area contributed by atoms with E-state index in [0.29, 0.717) is 24.1 Å². The first-order chi connectivity index (χ1) is 8.70. The van der Waals surface area contributed by atoms with Gasteiger partial charge in [0.05, 0.1) is 11.5 Å². The topological polar surface area (TPSA) is 64.4 Å². The molecule has 1 saturated carbocycles. The van der Waals surface area contributed by atoms with E-state index in [4.69, 9.17) is 4.74 Å². The van der Waals surface area contributed by atoms with Gasteiger partial charge in [0, 0.05) is 18.2 Å². The molecule has 1 aliphatic rings. The molecule has 0 aromatic heterocycles. The zero-order valence-corrected chi connectivity index (χ0v) is 10.5. The van der Waals surface area contributed by atoms with E-state index in [-0.39, 0.29) is 10.6 Å². The second kappa shape index (κ2) is 5.71. The van der Waals surface area contributed by atoms with Crippen molar-refractivity contribution in [3.8, 4) is 5.75 Å². The minimum absolute atomic E-state index is 0.116. The molecule has 1 aromatic rings. The molecule has 5 heteroatoms. The number of anilines is 1. The molecule has 0 aliphatic heterocycles. The predicted molar refractivity (Wildman–Crippen MR) is 70.1 cm³/mol. The number of benzene rings is 1. The Balaban J connectivity index is 2.21. The largest absolute Gasteiger partial charge is 0.494 e. The van der Waals surface area contributed by atoms with E-state index < -0.39 is 0 Å². The molecule has 0 saturated heterocycles. The van der Waals surface area contributed by atoms with Crippen LogP contribution in [0.25, 0.3) is 0 Å². The monoisotopic (exact) mass is 250 g/mol. The fourth-order valence-corrected chi connectivity index (χ4v) is 2.34. The maximum absolute atomic E-state index is 11.0. The van der Waals surface area contributed by atoms with Gasteiger partial charge in [-0.25, -0.2) is 0 Å². The number of nitro groups is 1. The molecule has 0 unspecified atom stereocenters. The van der Waals surface area contributed by atoms with Gasteiger partial charge in [-0.2, -0.15) is 0 Å². The lowest BCUT2D eigenvalue weighted by Crippen LogP contribution is -2.15. The third-order valence-corrected chi connectivity index (χ3v) is 3.19. The van der Waals surface area contributed by atoms with Gasteiger partial charge in [-0.1, -0.05) is 12.8 Å². The van der Waals surface area contributed by atoms with Crippen LogP contribution >= 0.6 is 0 Å². The smallest absolute Gasteiger partial charge is 0.292 e. The number of hydrogen-bond acceptors (Lipinski definition) is 4. The van der Waals surface area contributed by atoms with Crippen molar-refractivity contribution in [1.29, 1.82) is 0 Å². The normalized spacial score (nSPS) is 15.6. The summed E-state index contributed by atoms with van der Waals surface area (Å²) in [7, 11) is 0. The van der Waals surface area contributed by atoms with Crippen LogP contribution in [-0.2, 0) is 0 Å². The van der Waals surface area contributed by atoms with Crippen molar-refractivity contribution >= 4 is 11.4 Å². The van der Waals surface area contributed by atoms with Crippen molar-refractivity contribution in [2.45, 2.75) is 38.6 Å². The number of hydrogen-bond donors (Lipinski definition) is 1. The van der Waals surface area contributed by atoms with Crippen LogP contribution in [0, 0.1) is 10.1 Å². The molecule has 98 valence electrons. The Morgan fingerprint density at radius 3 is 2.78 bits per heavy atom. The first kappa shape index (κ1) is 12.7. The van der Waals surface area contributed by atoms with Crippen LogP contribution < -0.4 is 10.1 Å². The van der Waals surface area contributed by atoms with E-state index in [2.05, 4.69) is 5.32 Å². The number of nitrogens with zero attached hydrogens (tertiary/aromatic N) is 1. The third kappa shape index (κ3) is 2.91. The summed E-state index contributed by atoms with van der Waals surface area (Å²) in [6, 6.07) is 5.21. The van der Waals surface area contributed by atoms with Gasteiger partial charge in [0.1, 0.15) is 11.4 Å². The Morgan fingerprint density at radius 1 is 1.44 bits per heavy atom. The molecule has 0 atom stereocenters. The SMILES string of the molecule is CCOc1ccc([N+](=O)[O-])c(NC2CCCC2)c1. The Hall–Kier alpha value is -1.78. The zero-order valence-electron chi connectivity index (χ0n) is 10.5. The summed E-state index contributed by atoms with van der Waals surface area (Å²) in [5.41, 5.74) is 0.684. The molecule has 5 nitrogen and oxygen atoms in total. The highest BCUT2D eigenvalue weighted by molar-refractivity contribution is 5.64. The van der Waals surface area contributed by atoms with Gasteiger partial charge in [-0.3, -0.25) is 10.1 Å². The van der Waals surface area contributed by atoms with Gasteiger partial charge in [0.25, 0.3) is 5.69 Å². The third-order valence-electron chi connectivity index (χ3n) is 3.19. The molecule has 1 fully saturated rings. The Labute approximate surface area is 106 Å². The molecule has 0 amide bonds. The van der Waals surface area contributed by atoms with Crippen LogP contribution in [0.15, 0.2) is 18.2 Å². The summed E-state index contributed by atoms with van der Waals surface area (Å²) in [6.07, 6.45) is 4.54. The second-order valence-corrected chi connectivity index (χ2v) is 4.49. The first-order valence-electron chi connectivity index (χ1n) is 6.38. The van der Waals surface area contributed by atoms with Gasteiger partial charge in [0.15, 0.2) is 0 Å². The standard InChI is InChI=1S/C13H18N2O3/c1-2-18-11-7-8-13(15(16)17)12(9-11)14-10-5-3-4-6-10/h7-10,14H,2-6H2,1H3. The molecule has 0 radical (unpaired) electrons. The van der Waals surface area contributed by atoms with Crippen molar-refractivity contribution in [3.05, 3.63) is 28.3 Å². The second-order valence-electron chi connectivity index (χ2n) is 4.49. The molecule has 1 aliphatic carbocycles. The maximum Gasteiger partial charge on any atom is 0.292 e. The van der Waals surface area contributed by atoms with Crippen LogP contribution in [0.4, 0.5) is 11.4 Å². The summed E-state index contributed by atoms with van der Waals surface area (Å²) >= 11 is 0. The van der Waals surface area contributed by atoms with E-state index in [1.54, 1.807) is 12.1 Å². The Morgan fingerprint density at radius 2 is 2.17 bits per heavy atom. The average molecular weight is 250 g/mol. The summed E-state index contributed by atoms with van der Waals surface area (Å²) in [5, 5.41) is 14.3. The fraction of sp³-hybridized carbons (Fsp3) is 0.538. The summed E-state index contributed by atoms with van der Waals surface area (Å²) in [6.45, 7) is 2.45. The van der Waals surface area contributed by atoms with Crippen molar-refractivity contribution < 1.29 is 9.66 Å². The van der Waals surface area contributed by atoms with Crippen molar-refractivity contribution in [3.63, 3.8) is 0 Å². The first-order valence-corrected chi connectivity index (χ1v) is 6.38. The molecule has 2 rings (SSSR count). The molecular formula is C13H18N2O3. The lowest BCUT2D eigenvalue weighted by atomic mass is 10.2. The van der Waals surface area contributed by atoms with Gasteiger partial charge in [-0.05, 0) is 25.8 Å². The van der Waals surface area contributed by atoms with Crippen LogP contribution in [0.2, 0.25) is 0 Å². The molecule has 18 heavy (non-hydrogen) atoms. The van der Waals surface area contributed by atoms with Crippen LogP contribution in [0.5, 0.6) is 5.75 Å². The van der Waals surface area contributed by atoms with E-state index in [0.717, 1.165) is 12.8 Å². The lowest BCUT2D eigenvalue weighted by molar-refractivity contribution is -0.384. The molecule has 0 heterocycles. The van der Waals surface area contributed by atoms with Crippen molar-refractivity contribution in [2.75, 3.05) is 11.9 Å². The number of nitro benzene ring substituents is 1. The molecule has 1 N–H and O–H groups in total. The summed E-state index contributed by atoms with van der Waals surface area (Å²) < 4.78 is 5.38. The quantitative estimate of drug-likeness (QED) is 0.643. The average Bonchev–Trinajstić information content (AvgIpc) is 2.82. The van der Waals surface area contributed by atoms with Gasteiger partial charge in [-0.15, -0.1) is 0 Å². The number of ether oxygens (including phenoxy) is 1. The summed E-state index contributed by atoms with van der Waals surface area (Å²) in [5.74, 6) is 0.670. The highest BCUT2D eigenvalue weighted by atomic mass is 16.6. The fourth-order valence-electron chi connectivity index (χ4n) is 2.34. The van der Waals surface area contributed by atoms with Crippen LogP contribution in [-0.4, -0.2) is 17.6 Å². The molecule has 0 bridgehead atoms. The van der Waals surface area contributed by atoms with E-state index >= 15 is 0 Å². The van der Waals surface area contributed by atoms with Crippen molar-refractivity contribution in [1.82, 2.24) is 0 Å². The van der Waals surface area contributed by atoms with Crippen LogP contribution in [0.1, 0.15) is 32.6 Å². The molecule has 0 spiro atoms. The van der Waals surface area contributed by atoms with E-state index in [1.165, 1.54) is 18.9 Å². The van der Waals surface area contributed by atoms with Crippen molar-refractivity contribution in [2.24, 2.45) is 0 Å². The highest BCUT2D eigenvalue weighted by Gasteiger charge is 2.20. The zero-order chi connectivity index (χ0) is 13.0. The van der Waals surface area contributed by atoms with E-state index in [1.807, 2.05) is 6.92 Å². The molecule has 1 aromatic carbocycles. The Kier molecular flexibility index (Phi) is 4.02. The summed E-state index contributed by atoms with van der Waals surface area (Å²) in [4.78, 5) is 10.6. The predicted octanol–water partition coefficient (Wildman–Crippen LogP) is 3.35. The van der Waals surface area contributed by atoms with Gasteiger partial charge < -0.3 is 10.1 Å². The lowest BCUT2D eigenvalue weighted by Gasteiger charge is -2.14. The highest BCUT2D eigenvalue weighted by Crippen LogP contribution is 2.32. The minimum Gasteiger partial charge on any atom is -0.494 e. The van der Waals surface area contributed by atoms with Crippen LogP contribution in [0.3, 0.4) is 0 Å². The minimum atomic E-state index is -0.354. The maximum atomic E-state index is 11.0. The van der Waals surface area contributed by atoms with E-state index in [9.17, 15) is 10.1 Å². The number of rotatable bonds is 5. The molecular weight excluding hydrogens is 232 g/mol. The van der Waals surface area contributed by atoms with Gasteiger partial charge >= 0.3 is 0 Å². The Bertz CT molecular complexity index is 428. The van der Waals surface area contributed by atoms with Gasteiger partial charge in [0.2, 0.25) is 0 Å².